The molecule has 2 aliphatic heterocycles. The zero-order chi connectivity index (χ0) is 59.5. The normalized spacial score (nSPS) is 13.9. The van der Waals surface area contributed by atoms with Gasteiger partial charge in [0, 0.05) is 120 Å². The summed E-state index contributed by atoms with van der Waals surface area (Å²) in [5.74, 6) is -7.74. The van der Waals surface area contributed by atoms with Crippen LogP contribution in [-0.2, 0) is 50.1 Å². The van der Waals surface area contributed by atoms with Crippen LogP contribution in [0.15, 0.2) is 79.4 Å². The molecule has 2 aromatic heterocycles. The highest BCUT2D eigenvalue weighted by molar-refractivity contribution is 6.26. The molecule has 0 radical (unpaired) electrons. The Labute approximate surface area is 470 Å². The number of esters is 1. The molecule has 5 aromatic rings. The lowest BCUT2D eigenvalue weighted by atomic mass is 10.0. The van der Waals surface area contributed by atoms with Crippen LogP contribution < -0.4 is 30.9 Å². The van der Waals surface area contributed by atoms with Crippen molar-refractivity contribution in [3.63, 3.8) is 0 Å². The van der Waals surface area contributed by atoms with Gasteiger partial charge >= 0.3 is 5.97 Å². The van der Waals surface area contributed by atoms with Gasteiger partial charge in [0.25, 0.3) is 17.7 Å². The number of rotatable bonds is 28. The minimum absolute atomic E-state index is 0.0405. The summed E-state index contributed by atoms with van der Waals surface area (Å²) in [5, 5.41) is 11.1. The number of amides is 6. The number of Topliss-reactive ketones (excluding diaryl/α,β-unsaturated/α-hetero) is 4. The first-order valence-corrected chi connectivity index (χ1v) is 26.4. The van der Waals surface area contributed by atoms with E-state index in [1.807, 2.05) is 47.0 Å². The highest BCUT2D eigenvalue weighted by Gasteiger charge is 2.46. The van der Waals surface area contributed by atoms with Gasteiger partial charge in [0.1, 0.15) is 40.5 Å². The molecule has 6 amide bonds. The van der Waals surface area contributed by atoms with Crippen LogP contribution in [0.5, 0.6) is 5.75 Å². The van der Waals surface area contributed by atoms with Gasteiger partial charge in [-0.2, -0.15) is 0 Å². The Balaban J connectivity index is 0.862. The van der Waals surface area contributed by atoms with Gasteiger partial charge in [0.15, 0.2) is 5.83 Å². The molecule has 0 aliphatic carbocycles. The molecule has 4 heterocycles. The molecule has 82 heavy (non-hydrogen) atoms. The summed E-state index contributed by atoms with van der Waals surface area (Å²) in [5.41, 5.74) is 2.63. The van der Waals surface area contributed by atoms with Gasteiger partial charge in [0.2, 0.25) is 23.7 Å². The summed E-state index contributed by atoms with van der Waals surface area (Å²) in [7, 11) is 6.87. The number of benzene rings is 3. The van der Waals surface area contributed by atoms with Crippen molar-refractivity contribution >= 4 is 104 Å². The summed E-state index contributed by atoms with van der Waals surface area (Å²) in [6.45, 7) is 7.71. The zero-order valence-corrected chi connectivity index (χ0v) is 46.3. The first-order valence-electron chi connectivity index (χ1n) is 26.4. The number of hydrogen-bond donors (Lipinski definition) is 4. The number of methoxy groups -OCH3 is 1. The Kier molecular flexibility index (Phi) is 19.7. The zero-order valence-electron chi connectivity index (χ0n) is 46.3. The summed E-state index contributed by atoms with van der Waals surface area (Å²) in [6.07, 6.45) is 1.23. The molecule has 1 fully saturated rings. The van der Waals surface area contributed by atoms with Gasteiger partial charge in [0.05, 0.1) is 59.2 Å². The minimum Gasteiger partial charge on any atom is -0.494 e. The van der Waals surface area contributed by atoms with E-state index in [2.05, 4.69) is 32.8 Å². The average molecular weight is 1130 g/mol. The molecule has 7 rings (SSSR count). The predicted octanol–water partition coefficient (Wildman–Crippen LogP) is 6.18. The quantitative estimate of drug-likeness (QED) is 0.0188. The lowest BCUT2D eigenvalue weighted by molar-refractivity contribution is -0.136. The Morgan fingerprint density at radius 2 is 1.48 bits per heavy atom. The lowest BCUT2D eigenvalue weighted by Gasteiger charge is -2.27. The van der Waals surface area contributed by atoms with E-state index in [0.717, 1.165) is 15.8 Å². The molecule has 1 atom stereocenters. The standard InChI is InChI=1S/C58H63FN10O13/c1-32(2)82-57(80)40-30-60-58(65-52(40)41-31-68(6)45-14-9-8-11-38(41)45)63-44-28-43(62-53(76)33(3)59)47(29-48(44)81-7)67(5)26-25-66(4)24-23-36(72)18-17-34(70)15-16-35(71)19-20-37(73)27-50(75)61-42-13-10-12-39-51(42)56(79)69(55(39)78)46-21-22-49(74)64-54(46)77/h8-14,28-32,46H,3,15-27H2,1-2,4-7H3,(H,61,75)(H,62,76)(H,60,63,65)(H,64,74,77). The van der Waals surface area contributed by atoms with E-state index in [9.17, 15) is 57.1 Å². The molecule has 4 N–H and O–H groups in total. The van der Waals surface area contributed by atoms with Gasteiger partial charge in [-0.15, -0.1) is 0 Å². The average Bonchev–Trinajstić information content (AvgIpc) is 3.30. The number of imide groups is 2. The van der Waals surface area contributed by atoms with Crippen LogP contribution in [0.1, 0.15) is 109 Å². The number of para-hydroxylation sites is 1. The second kappa shape index (κ2) is 26.8. The molecule has 3 aromatic carbocycles. The van der Waals surface area contributed by atoms with Crippen LogP contribution in [0.25, 0.3) is 22.2 Å². The largest absolute Gasteiger partial charge is 0.494 e. The Morgan fingerprint density at radius 1 is 0.805 bits per heavy atom. The van der Waals surface area contributed by atoms with Gasteiger partial charge < -0.3 is 39.8 Å². The highest BCUT2D eigenvalue weighted by atomic mass is 19.1. The fraction of sp³-hybridized carbons (Fsp3) is 0.362. The summed E-state index contributed by atoms with van der Waals surface area (Å²) in [4.78, 5) is 154. The topological polar surface area (TPSA) is 295 Å². The van der Waals surface area contributed by atoms with Crippen LogP contribution in [0.2, 0.25) is 0 Å². The molecule has 0 spiro atoms. The monoisotopic (exact) mass is 1130 g/mol. The molecule has 24 heteroatoms. The van der Waals surface area contributed by atoms with Crippen molar-refractivity contribution < 1.29 is 66.6 Å². The van der Waals surface area contributed by atoms with Crippen LogP contribution >= 0.6 is 0 Å². The first-order chi connectivity index (χ1) is 39.0. The van der Waals surface area contributed by atoms with E-state index in [4.69, 9.17) is 14.5 Å². The Bertz CT molecular complexity index is 3430. The van der Waals surface area contributed by atoms with E-state index in [0.29, 0.717) is 42.3 Å². The predicted molar refractivity (Wildman–Crippen MR) is 299 cm³/mol. The fourth-order valence-electron chi connectivity index (χ4n) is 9.33. The summed E-state index contributed by atoms with van der Waals surface area (Å²) >= 11 is 0. The molecule has 2 aliphatic rings. The number of aryl methyl sites for hydroxylation is 1. The third-order valence-corrected chi connectivity index (χ3v) is 13.7. The number of hydrogen-bond acceptors (Lipinski definition) is 18. The number of ketones is 4. The maximum atomic E-state index is 14.2. The number of halogens is 1. The van der Waals surface area contributed by atoms with Crippen LogP contribution in [0, 0.1) is 0 Å². The maximum Gasteiger partial charge on any atom is 0.342 e. The number of nitrogens with zero attached hydrogens (tertiary/aromatic N) is 6. The van der Waals surface area contributed by atoms with Gasteiger partial charge in [-0.1, -0.05) is 30.8 Å². The maximum absolute atomic E-state index is 14.2. The molecular weight excluding hydrogens is 1060 g/mol. The van der Waals surface area contributed by atoms with Crippen LogP contribution in [0.3, 0.4) is 0 Å². The third kappa shape index (κ3) is 14.7. The number of carbonyl (C=O) groups excluding carboxylic acids is 11. The van der Waals surface area contributed by atoms with E-state index in [1.54, 1.807) is 38.9 Å². The Hall–Kier alpha value is -9.32. The van der Waals surface area contributed by atoms with E-state index >= 15 is 0 Å². The van der Waals surface area contributed by atoms with E-state index < -0.39 is 71.6 Å². The second-order valence-electron chi connectivity index (χ2n) is 20.2. The Morgan fingerprint density at radius 3 is 2.13 bits per heavy atom. The smallest absolute Gasteiger partial charge is 0.342 e. The minimum atomic E-state index is -1.22. The van der Waals surface area contributed by atoms with Crippen molar-refractivity contribution in [1.82, 2.24) is 29.7 Å². The number of likely N-dealkylation sites (N-methyl/N-ethyl adjacent to an activating group) is 2. The van der Waals surface area contributed by atoms with Crippen LogP contribution in [0.4, 0.5) is 33.1 Å². The van der Waals surface area contributed by atoms with Crippen LogP contribution in [-0.4, -0.2) is 142 Å². The van der Waals surface area contributed by atoms with Crippen molar-refractivity contribution in [2.45, 2.75) is 90.2 Å². The van der Waals surface area contributed by atoms with Crippen molar-refractivity contribution in [3.8, 4) is 17.0 Å². The van der Waals surface area contributed by atoms with E-state index in [1.165, 1.54) is 37.6 Å². The number of nitrogens with one attached hydrogen (secondary N) is 4. The number of carbonyl (C=O) groups is 11. The molecule has 0 bridgehead atoms. The molecular formula is C58H63FN10O13. The molecule has 1 saturated heterocycles. The molecule has 1 unspecified atom stereocenters. The van der Waals surface area contributed by atoms with Crippen molar-refractivity contribution in [3.05, 3.63) is 96.1 Å². The highest BCUT2D eigenvalue weighted by Crippen LogP contribution is 2.39. The molecule has 430 valence electrons. The van der Waals surface area contributed by atoms with Gasteiger partial charge in [-0.05, 0) is 51.6 Å². The number of ether oxygens (including phenoxy) is 2. The first kappa shape index (κ1) is 60.3. The molecule has 0 saturated carbocycles. The number of aromatic nitrogens is 3. The fourth-order valence-corrected chi connectivity index (χ4v) is 9.33. The summed E-state index contributed by atoms with van der Waals surface area (Å²) < 4.78 is 27.4. The number of piperidine rings is 1. The van der Waals surface area contributed by atoms with Crippen molar-refractivity contribution in [1.29, 1.82) is 0 Å². The van der Waals surface area contributed by atoms with Gasteiger partial charge in [-0.25, -0.2) is 19.2 Å². The third-order valence-electron chi connectivity index (χ3n) is 13.7. The van der Waals surface area contributed by atoms with E-state index in [-0.39, 0.29) is 115 Å². The number of anilines is 5. The lowest BCUT2D eigenvalue weighted by Crippen LogP contribution is -2.54. The second-order valence-corrected chi connectivity index (χ2v) is 20.2. The van der Waals surface area contributed by atoms with Crippen molar-refractivity contribution in [2.75, 3.05) is 61.7 Å². The molecule has 23 nitrogen and oxygen atoms in total. The SMILES string of the molecule is C=C(F)C(=O)Nc1cc(Nc2ncc(C(=O)OC(C)C)c(-c3cn(C)c4ccccc34)n2)c(OC)cc1N(C)CCN(C)CCC(=O)CCC(=O)CCC(=O)CCC(=O)CC(=O)Nc1cccc2c1C(=O)N(C1CCC(=O)NC1=O)C2=O. The van der Waals surface area contributed by atoms with Gasteiger partial charge in [-0.3, -0.25) is 58.2 Å². The van der Waals surface area contributed by atoms with Crippen molar-refractivity contribution in [2.24, 2.45) is 7.05 Å². The number of fused-ring (bicyclic) bond motifs is 2. The summed E-state index contributed by atoms with van der Waals surface area (Å²) in [6, 6.07) is 13.7.